The van der Waals surface area contributed by atoms with Gasteiger partial charge in [0, 0.05) is 15.6 Å². The van der Waals surface area contributed by atoms with Crippen molar-refractivity contribution in [1.82, 2.24) is 4.90 Å². The number of quaternary nitrogens is 1. The van der Waals surface area contributed by atoms with Crippen LogP contribution in [0.1, 0.15) is 26.5 Å². The topological polar surface area (TPSA) is 84.1 Å². The number of rotatable bonds is 6. The van der Waals surface area contributed by atoms with E-state index in [2.05, 4.69) is 21.2 Å². The Bertz CT molecular complexity index is 1170. The van der Waals surface area contributed by atoms with E-state index >= 15 is 0 Å². The SMILES string of the molecule is O=C(C[NH+]1CCN(C(=O)c2ccco2)CC1)Nc1ccc(Br)cc1C(=O)c1ccccc1Cl. The molecule has 2 amide bonds. The molecule has 1 aliphatic rings. The third-order valence-electron chi connectivity index (χ3n) is 5.52. The molecule has 170 valence electrons. The Morgan fingerprint density at radius 1 is 1.03 bits per heavy atom. The summed E-state index contributed by atoms with van der Waals surface area (Å²) in [5, 5.41) is 3.22. The van der Waals surface area contributed by atoms with Crippen LogP contribution in [0.25, 0.3) is 0 Å². The minimum atomic E-state index is -0.269. The molecule has 9 heteroatoms. The summed E-state index contributed by atoms with van der Waals surface area (Å²) in [6, 6.07) is 15.3. The second kappa shape index (κ2) is 10.3. The standard InChI is InChI=1S/C24H21BrClN3O4/c25-16-7-8-20(18(14-16)23(31)17-4-1-2-5-19(17)26)27-22(30)15-28-9-11-29(12-10-28)24(32)21-6-3-13-33-21/h1-8,13-14H,9-12,15H2,(H,27,30)/p+1. The second-order valence-corrected chi connectivity index (χ2v) is 9.07. The van der Waals surface area contributed by atoms with Crippen LogP contribution >= 0.6 is 27.5 Å². The molecule has 7 nitrogen and oxygen atoms in total. The first kappa shape index (κ1) is 23.2. The summed E-state index contributed by atoms with van der Waals surface area (Å²) in [5.74, 6) is -0.288. The summed E-state index contributed by atoms with van der Waals surface area (Å²) < 4.78 is 5.90. The minimum absolute atomic E-state index is 0.138. The Labute approximate surface area is 204 Å². The van der Waals surface area contributed by atoms with Crippen LogP contribution in [0.3, 0.4) is 0 Å². The largest absolute Gasteiger partial charge is 0.459 e. The Balaban J connectivity index is 1.39. The minimum Gasteiger partial charge on any atom is -0.459 e. The molecule has 0 aliphatic carbocycles. The molecule has 0 atom stereocenters. The van der Waals surface area contributed by atoms with Crippen LogP contribution in [-0.2, 0) is 4.79 Å². The number of furan rings is 1. The van der Waals surface area contributed by atoms with E-state index in [1.54, 1.807) is 59.5 Å². The number of piperazine rings is 1. The maximum atomic E-state index is 13.1. The van der Waals surface area contributed by atoms with Gasteiger partial charge in [-0.2, -0.15) is 0 Å². The normalized spacial score (nSPS) is 14.2. The maximum absolute atomic E-state index is 13.1. The Kier molecular flexibility index (Phi) is 7.27. The van der Waals surface area contributed by atoms with E-state index in [0.29, 0.717) is 53.8 Å². The van der Waals surface area contributed by atoms with Crippen LogP contribution in [0.4, 0.5) is 5.69 Å². The number of hydrogen-bond acceptors (Lipinski definition) is 4. The molecule has 0 radical (unpaired) electrons. The monoisotopic (exact) mass is 530 g/mol. The number of nitrogens with zero attached hydrogens (tertiary/aromatic N) is 1. The summed E-state index contributed by atoms with van der Waals surface area (Å²) in [4.78, 5) is 41.1. The van der Waals surface area contributed by atoms with E-state index < -0.39 is 0 Å². The number of carbonyl (C=O) groups is 3. The lowest BCUT2D eigenvalue weighted by Gasteiger charge is -2.31. The average molecular weight is 532 g/mol. The summed E-state index contributed by atoms with van der Waals surface area (Å²) in [5.41, 5.74) is 1.16. The molecule has 0 unspecified atom stereocenters. The van der Waals surface area contributed by atoms with Crippen molar-refractivity contribution in [3.63, 3.8) is 0 Å². The zero-order valence-electron chi connectivity index (χ0n) is 17.6. The van der Waals surface area contributed by atoms with E-state index in [-0.39, 0.29) is 24.1 Å². The summed E-state index contributed by atoms with van der Waals surface area (Å²) in [6.45, 7) is 2.60. The van der Waals surface area contributed by atoms with Gasteiger partial charge in [-0.25, -0.2) is 0 Å². The lowest BCUT2D eigenvalue weighted by molar-refractivity contribution is -0.895. The van der Waals surface area contributed by atoms with Crippen molar-refractivity contribution in [2.24, 2.45) is 0 Å². The molecule has 2 heterocycles. The van der Waals surface area contributed by atoms with Gasteiger partial charge >= 0.3 is 0 Å². The summed E-state index contributed by atoms with van der Waals surface area (Å²) in [7, 11) is 0. The van der Waals surface area contributed by atoms with Gasteiger partial charge in [-0.3, -0.25) is 14.4 Å². The maximum Gasteiger partial charge on any atom is 0.289 e. The van der Waals surface area contributed by atoms with Crippen molar-refractivity contribution >= 4 is 50.8 Å². The zero-order valence-corrected chi connectivity index (χ0v) is 20.0. The fourth-order valence-electron chi connectivity index (χ4n) is 3.78. The molecule has 4 rings (SSSR count). The van der Waals surface area contributed by atoms with Gasteiger partial charge in [-0.1, -0.05) is 39.7 Å². The van der Waals surface area contributed by atoms with Crippen molar-refractivity contribution in [2.45, 2.75) is 0 Å². The number of benzene rings is 2. The zero-order chi connectivity index (χ0) is 23.4. The van der Waals surface area contributed by atoms with Crippen LogP contribution in [0.2, 0.25) is 5.02 Å². The highest BCUT2D eigenvalue weighted by Crippen LogP contribution is 2.26. The van der Waals surface area contributed by atoms with Gasteiger partial charge in [0.05, 0.1) is 43.2 Å². The van der Waals surface area contributed by atoms with Crippen LogP contribution in [0.5, 0.6) is 0 Å². The molecule has 33 heavy (non-hydrogen) atoms. The summed E-state index contributed by atoms with van der Waals surface area (Å²) in [6.07, 6.45) is 1.48. The molecule has 2 N–H and O–H groups in total. The van der Waals surface area contributed by atoms with Crippen molar-refractivity contribution < 1.29 is 23.7 Å². The predicted octanol–water partition coefficient (Wildman–Crippen LogP) is 2.91. The smallest absolute Gasteiger partial charge is 0.289 e. The third kappa shape index (κ3) is 5.52. The van der Waals surface area contributed by atoms with E-state index in [1.807, 2.05) is 0 Å². The molecule has 1 aliphatic heterocycles. The molecular formula is C24H22BrClN3O4+. The summed E-state index contributed by atoms with van der Waals surface area (Å²) >= 11 is 9.60. The highest BCUT2D eigenvalue weighted by molar-refractivity contribution is 9.10. The van der Waals surface area contributed by atoms with E-state index in [9.17, 15) is 14.4 Å². The Morgan fingerprint density at radius 3 is 2.48 bits per heavy atom. The van der Waals surface area contributed by atoms with Gasteiger partial charge in [0.2, 0.25) is 0 Å². The van der Waals surface area contributed by atoms with Crippen LogP contribution < -0.4 is 10.2 Å². The Hall–Kier alpha value is -2.94. The molecule has 1 saturated heterocycles. The van der Waals surface area contributed by atoms with Gasteiger partial charge in [0.1, 0.15) is 0 Å². The van der Waals surface area contributed by atoms with Crippen molar-refractivity contribution in [3.05, 3.63) is 87.2 Å². The molecule has 0 saturated carbocycles. The first-order valence-corrected chi connectivity index (χ1v) is 11.6. The average Bonchev–Trinajstić information content (AvgIpc) is 3.35. The van der Waals surface area contributed by atoms with Crippen molar-refractivity contribution in [3.8, 4) is 0 Å². The molecule has 1 fully saturated rings. The third-order valence-corrected chi connectivity index (χ3v) is 6.34. The highest BCUT2D eigenvalue weighted by Gasteiger charge is 2.27. The van der Waals surface area contributed by atoms with Crippen molar-refractivity contribution in [2.75, 3.05) is 38.0 Å². The van der Waals surface area contributed by atoms with Gasteiger partial charge in [0.25, 0.3) is 11.8 Å². The van der Waals surface area contributed by atoms with E-state index in [0.717, 1.165) is 9.37 Å². The van der Waals surface area contributed by atoms with Gasteiger partial charge in [-0.15, -0.1) is 0 Å². The first-order chi connectivity index (χ1) is 15.9. The Morgan fingerprint density at radius 2 is 1.79 bits per heavy atom. The number of anilines is 1. The van der Waals surface area contributed by atoms with Crippen molar-refractivity contribution in [1.29, 1.82) is 0 Å². The fraction of sp³-hybridized carbons (Fsp3) is 0.208. The van der Waals surface area contributed by atoms with Crippen LogP contribution in [0, 0.1) is 0 Å². The van der Waals surface area contributed by atoms with Crippen LogP contribution in [0.15, 0.2) is 69.8 Å². The van der Waals surface area contributed by atoms with Gasteiger partial charge in [-0.05, 0) is 42.5 Å². The molecule has 2 aromatic carbocycles. The number of nitrogens with one attached hydrogen (secondary N) is 2. The number of hydrogen-bond donors (Lipinski definition) is 2. The van der Waals surface area contributed by atoms with E-state index in [1.165, 1.54) is 6.26 Å². The molecular weight excluding hydrogens is 510 g/mol. The number of ketones is 1. The van der Waals surface area contributed by atoms with Gasteiger partial charge < -0.3 is 19.5 Å². The highest BCUT2D eigenvalue weighted by atomic mass is 79.9. The number of carbonyl (C=O) groups excluding carboxylic acids is 3. The fourth-order valence-corrected chi connectivity index (χ4v) is 4.37. The van der Waals surface area contributed by atoms with E-state index in [4.69, 9.17) is 16.0 Å². The molecule has 0 bridgehead atoms. The molecule has 0 spiro atoms. The second-order valence-electron chi connectivity index (χ2n) is 7.74. The number of halogens is 2. The lowest BCUT2D eigenvalue weighted by Crippen LogP contribution is -3.15. The number of amides is 2. The molecule has 1 aromatic heterocycles. The quantitative estimate of drug-likeness (QED) is 0.479. The van der Waals surface area contributed by atoms with Crippen LogP contribution in [-0.4, -0.2) is 55.2 Å². The predicted molar refractivity (Wildman–Crippen MR) is 128 cm³/mol. The first-order valence-electron chi connectivity index (χ1n) is 10.5. The molecule has 3 aromatic rings. The van der Waals surface area contributed by atoms with Gasteiger partial charge in [0.15, 0.2) is 18.1 Å². The lowest BCUT2D eigenvalue weighted by atomic mass is 10.0.